The van der Waals surface area contributed by atoms with Crippen molar-refractivity contribution in [2.45, 2.75) is 70.7 Å². The van der Waals surface area contributed by atoms with E-state index in [-0.39, 0.29) is 5.60 Å². The topological polar surface area (TPSA) is 38.7 Å². The quantitative estimate of drug-likeness (QED) is 0.762. The van der Waals surface area contributed by atoms with Gasteiger partial charge in [0.05, 0.1) is 23.9 Å². The van der Waals surface area contributed by atoms with Crippen LogP contribution < -0.4 is 0 Å². The minimum Gasteiger partial charge on any atom is -0.390 e. The highest BCUT2D eigenvalue weighted by molar-refractivity contribution is 4.78. The van der Waals surface area contributed by atoms with Crippen LogP contribution in [0.2, 0.25) is 0 Å². The second-order valence-electron chi connectivity index (χ2n) is 6.01. The molecule has 3 heteroatoms. The van der Waals surface area contributed by atoms with Crippen LogP contribution in [0.5, 0.6) is 0 Å². The molecule has 1 unspecified atom stereocenters. The van der Waals surface area contributed by atoms with Gasteiger partial charge in [0.25, 0.3) is 0 Å². The molecular weight excluding hydrogens is 204 g/mol. The number of hydrogen-bond acceptors (Lipinski definition) is 3. The molecule has 1 aliphatic rings. The van der Waals surface area contributed by atoms with Crippen LogP contribution in [0, 0.1) is 0 Å². The molecule has 16 heavy (non-hydrogen) atoms. The Labute approximate surface area is 99.1 Å². The molecule has 96 valence electrons. The number of hydrogen-bond donors (Lipinski definition) is 1. The molecule has 1 aliphatic heterocycles. The molecular formula is C13H26O3. The third-order valence-corrected chi connectivity index (χ3v) is 2.95. The molecule has 1 heterocycles. The van der Waals surface area contributed by atoms with Gasteiger partial charge in [-0.25, -0.2) is 0 Å². The van der Waals surface area contributed by atoms with E-state index in [1.165, 1.54) is 6.42 Å². The van der Waals surface area contributed by atoms with Crippen LogP contribution in [0.3, 0.4) is 0 Å². The Balaban J connectivity index is 2.22. The van der Waals surface area contributed by atoms with E-state index in [0.717, 1.165) is 19.4 Å². The largest absolute Gasteiger partial charge is 0.390 e. The van der Waals surface area contributed by atoms with Crippen LogP contribution in [0.25, 0.3) is 0 Å². The van der Waals surface area contributed by atoms with Crippen molar-refractivity contribution in [1.82, 2.24) is 0 Å². The third kappa shape index (κ3) is 5.83. The van der Waals surface area contributed by atoms with Crippen molar-refractivity contribution in [3.8, 4) is 0 Å². The van der Waals surface area contributed by atoms with Crippen LogP contribution in [0.15, 0.2) is 0 Å². The zero-order chi connectivity index (χ0) is 12.2. The summed E-state index contributed by atoms with van der Waals surface area (Å²) < 4.78 is 11.4. The lowest BCUT2D eigenvalue weighted by molar-refractivity contribution is -0.0706. The molecule has 0 amide bonds. The normalized spacial score (nSPS) is 22.7. The van der Waals surface area contributed by atoms with Crippen molar-refractivity contribution in [1.29, 1.82) is 0 Å². The maximum atomic E-state index is 9.59. The standard InChI is InChI=1S/C13H26O3/c1-12(2,14)7-9-16-13(3,4)10-11-6-5-8-15-11/h11,14H,5-10H2,1-4H3. The lowest BCUT2D eigenvalue weighted by Gasteiger charge is -2.29. The van der Waals surface area contributed by atoms with Gasteiger partial charge in [0, 0.05) is 13.0 Å². The summed E-state index contributed by atoms with van der Waals surface area (Å²) in [6.07, 6.45) is 4.29. The molecule has 3 nitrogen and oxygen atoms in total. The summed E-state index contributed by atoms with van der Waals surface area (Å²) in [5.74, 6) is 0. The van der Waals surface area contributed by atoms with Gasteiger partial charge in [0.2, 0.25) is 0 Å². The van der Waals surface area contributed by atoms with Crippen molar-refractivity contribution >= 4 is 0 Å². The van der Waals surface area contributed by atoms with Crippen molar-refractivity contribution < 1.29 is 14.6 Å². The van der Waals surface area contributed by atoms with Gasteiger partial charge in [0.1, 0.15) is 0 Å². The fourth-order valence-electron chi connectivity index (χ4n) is 1.99. The summed E-state index contributed by atoms with van der Waals surface area (Å²) in [4.78, 5) is 0. The molecule has 0 aromatic rings. The fraction of sp³-hybridized carbons (Fsp3) is 1.00. The van der Waals surface area contributed by atoms with E-state index >= 15 is 0 Å². The predicted molar refractivity (Wildman–Crippen MR) is 64.5 cm³/mol. The molecule has 0 aromatic heterocycles. The zero-order valence-corrected chi connectivity index (χ0v) is 11.1. The first-order chi connectivity index (χ1) is 7.29. The van der Waals surface area contributed by atoms with Gasteiger partial charge in [-0.05, 0) is 47.0 Å². The Hall–Kier alpha value is -0.120. The Kier molecular flexibility index (Phi) is 4.77. The second kappa shape index (κ2) is 5.48. The Bertz CT molecular complexity index is 200. The first-order valence-electron chi connectivity index (χ1n) is 6.26. The summed E-state index contributed by atoms with van der Waals surface area (Å²) in [6, 6.07) is 0. The average molecular weight is 230 g/mol. The molecule has 1 fully saturated rings. The maximum Gasteiger partial charge on any atom is 0.0651 e. The van der Waals surface area contributed by atoms with E-state index in [9.17, 15) is 5.11 Å². The summed E-state index contributed by atoms with van der Waals surface area (Å²) in [5.41, 5.74) is -0.791. The molecule has 1 saturated heterocycles. The van der Waals surface area contributed by atoms with Gasteiger partial charge in [-0.1, -0.05) is 0 Å². The molecule has 0 spiro atoms. The van der Waals surface area contributed by atoms with E-state index < -0.39 is 5.60 Å². The number of ether oxygens (including phenoxy) is 2. The summed E-state index contributed by atoms with van der Waals surface area (Å²) in [6.45, 7) is 9.30. The molecule has 0 aromatic carbocycles. The minimum absolute atomic E-state index is 0.153. The van der Waals surface area contributed by atoms with Gasteiger partial charge in [0.15, 0.2) is 0 Å². The van der Waals surface area contributed by atoms with E-state index in [1.807, 2.05) is 13.8 Å². The smallest absolute Gasteiger partial charge is 0.0651 e. The van der Waals surface area contributed by atoms with Crippen LogP contribution in [0.1, 0.15) is 53.4 Å². The highest BCUT2D eigenvalue weighted by Crippen LogP contribution is 2.25. The Morgan fingerprint density at radius 1 is 1.31 bits per heavy atom. The molecule has 0 radical (unpaired) electrons. The molecule has 1 N–H and O–H groups in total. The predicted octanol–water partition coefficient (Wildman–Crippen LogP) is 2.51. The Morgan fingerprint density at radius 3 is 2.50 bits per heavy atom. The molecule has 1 rings (SSSR count). The van der Waals surface area contributed by atoms with Gasteiger partial charge >= 0.3 is 0 Å². The molecule has 0 saturated carbocycles. The highest BCUT2D eigenvalue weighted by Gasteiger charge is 2.27. The first-order valence-corrected chi connectivity index (χ1v) is 6.26. The maximum absolute atomic E-state index is 9.59. The van der Waals surface area contributed by atoms with Crippen LogP contribution in [0.4, 0.5) is 0 Å². The minimum atomic E-state index is -0.639. The van der Waals surface area contributed by atoms with E-state index in [2.05, 4.69) is 13.8 Å². The van der Waals surface area contributed by atoms with Crippen LogP contribution in [-0.2, 0) is 9.47 Å². The lowest BCUT2D eigenvalue weighted by Crippen LogP contribution is -2.32. The lowest BCUT2D eigenvalue weighted by atomic mass is 9.98. The van der Waals surface area contributed by atoms with Gasteiger partial charge < -0.3 is 14.6 Å². The van der Waals surface area contributed by atoms with Crippen molar-refractivity contribution in [3.63, 3.8) is 0 Å². The summed E-state index contributed by atoms with van der Waals surface area (Å²) >= 11 is 0. The van der Waals surface area contributed by atoms with Crippen LogP contribution in [-0.4, -0.2) is 35.6 Å². The number of rotatable bonds is 6. The summed E-state index contributed by atoms with van der Waals surface area (Å²) in [5, 5.41) is 9.59. The highest BCUT2D eigenvalue weighted by atomic mass is 16.5. The van der Waals surface area contributed by atoms with Gasteiger partial charge in [-0.15, -0.1) is 0 Å². The average Bonchev–Trinajstić information content (AvgIpc) is 2.52. The fourth-order valence-corrected chi connectivity index (χ4v) is 1.99. The van der Waals surface area contributed by atoms with Crippen molar-refractivity contribution in [3.05, 3.63) is 0 Å². The first kappa shape index (κ1) is 13.9. The van der Waals surface area contributed by atoms with Crippen LogP contribution >= 0.6 is 0 Å². The van der Waals surface area contributed by atoms with E-state index in [1.54, 1.807) is 0 Å². The molecule has 1 atom stereocenters. The van der Waals surface area contributed by atoms with E-state index in [0.29, 0.717) is 19.1 Å². The Morgan fingerprint density at radius 2 is 2.00 bits per heavy atom. The monoisotopic (exact) mass is 230 g/mol. The number of aliphatic hydroxyl groups is 1. The van der Waals surface area contributed by atoms with Gasteiger partial charge in [-0.2, -0.15) is 0 Å². The second-order valence-corrected chi connectivity index (χ2v) is 6.01. The third-order valence-electron chi connectivity index (χ3n) is 2.95. The summed E-state index contributed by atoms with van der Waals surface area (Å²) in [7, 11) is 0. The molecule has 0 aliphatic carbocycles. The van der Waals surface area contributed by atoms with Gasteiger partial charge in [-0.3, -0.25) is 0 Å². The van der Waals surface area contributed by atoms with Crippen molar-refractivity contribution in [2.24, 2.45) is 0 Å². The van der Waals surface area contributed by atoms with E-state index in [4.69, 9.17) is 9.47 Å². The SMILES string of the molecule is CC(C)(O)CCOC(C)(C)CC1CCCO1. The van der Waals surface area contributed by atoms with Crippen molar-refractivity contribution in [2.75, 3.05) is 13.2 Å². The zero-order valence-electron chi connectivity index (χ0n) is 11.1. The molecule has 0 bridgehead atoms.